The highest BCUT2D eigenvalue weighted by Crippen LogP contribution is 2.67. The zero-order valence-electron chi connectivity index (χ0n) is 19.7. The van der Waals surface area contributed by atoms with Crippen LogP contribution in [0.25, 0.3) is 0 Å². The van der Waals surface area contributed by atoms with E-state index in [1.54, 1.807) is 0 Å². The van der Waals surface area contributed by atoms with Crippen LogP contribution in [0.3, 0.4) is 0 Å². The highest BCUT2D eigenvalue weighted by atomic mass is 79.9. The van der Waals surface area contributed by atoms with Gasteiger partial charge in [-0.2, -0.15) is 0 Å². The Labute approximate surface area is 201 Å². The standard InChI is InChI=1S/C27H39BrN2O2/c1-26-12-10-19(31)14-17(26)6-9-20-22(26)11-13-27(2)23(20)15-21(25(27)30-29)24(32-3)16-4-7-18(28)8-5-16/h4-5,7-8,17,19-20,22-24,30-31H,6,9-15,29H2,1-3H3/t17-,19-,20+,22-,23-,24?,26-,27-/m0/s1. The van der Waals surface area contributed by atoms with Gasteiger partial charge in [0, 0.05) is 22.7 Å². The first kappa shape index (κ1) is 22.9. The maximum Gasteiger partial charge on any atom is 0.105 e. The molecule has 0 radical (unpaired) electrons. The highest BCUT2D eigenvalue weighted by molar-refractivity contribution is 9.10. The number of hydrazine groups is 1. The van der Waals surface area contributed by atoms with Gasteiger partial charge in [-0.15, -0.1) is 0 Å². The Kier molecular flexibility index (Phi) is 6.01. The number of methoxy groups -OCH3 is 1. The fraction of sp³-hybridized carbons (Fsp3) is 0.704. The van der Waals surface area contributed by atoms with Gasteiger partial charge in [-0.25, -0.2) is 0 Å². The zero-order valence-corrected chi connectivity index (χ0v) is 21.3. The number of hydrogen-bond acceptors (Lipinski definition) is 4. The predicted molar refractivity (Wildman–Crippen MR) is 131 cm³/mol. The van der Waals surface area contributed by atoms with Crippen molar-refractivity contribution in [2.24, 2.45) is 40.3 Å². The quantitative estimate of drug-likeness (QED) is 0.355. The number of nitrogens with two attached hydrogens (primary N) is 1. The molecule has 8 atom stereocenters. The first-order valence-electron chi connectivity index (χ1n) is 12.5. The van der Waals surface area contributed by atoms with Crippen LogP contribution in [0.1, 0.15) is 76.9 Å². The number of rotatable bonds is 4. The fourth-order valence-electron chi connectivity index (χ4n) is 8.56. The number of aliphatic hydroxyl groups excluding tert-OH is 1. The van der Waals surface area contributed by atoms with Crippen LogP contribution in [0.5, 0.6) is 0 Å². The molecular formula is C27H39BrN2O2. The topological polar surface area (TPSA) is 67.5 Å². The molecule has 1 aromatic rings. The Morgan fingerprint density at radius 2 is 1.84 bits per heavy atom. The van der Waals surface area contributed by atoms with E-state index in [4.69, 9.17) is 10.6 Å². The number of fused-ring (bicyclic) bond motifs is 5. The van der Waals surface area contributed by atoms with E-state index in [0.29, 0.717) is 17.3 Å². The summed E-state index contributed by atoms with van der Waals surface area (Å²) in [6, 6.07) is 8.51. The molecule has 5 heteroatoms. The Hall–Kier alpha value is -0.880. The second kappa shape index (κ2) is 8.41. The molecule has 4 aliphatic carbocycles. The lowest BCUT2D eigenvalue weighted by molar-refractivity contribution is -0.118. The number of aliphatic hydroxyl groups is 1. The van der Waals surface area contributed by atoms with Gasteiger partial charge < -0.3 is 15.3 Å². The van der Waals surface area contributed by atoms with E-state index in [1.165, 1.54) is 48.9 Å². The van der Waals surface area contributed by atoms with Gasteiger partial charge in [0.05, 0.1) is 6.10 Å². The molecule has 0 aliphatic heterocycles. The minimum absolute atomic E-state index is 0.0632. The van der Waals surface area contributed by atoms with Gasteiger partial charge >= 0.3 is 0 Å². The van der Waals surface area contributed by atoms with Crippen molar-refractivity contribution in [2.45, 2.75) is 77.4 Å². The summed E-state index contributed by atoms with van der Waals surface area (Å²) in [7, 11) is 1.82. The van der Waals surface area contributed by atoms with E-state index >= 15 is 0 Å². The van der Waals surface area contributed by atoms with Crippen LogP contribution in [0.15, 0.2) is 40.0 Å². The first-order valence-corrected chi connectivity index (χ1v) is 13.3. The lowest BCUT2D eigenvalue weighted by atomic mass is 9.45. The van der Waals surface area contributed by atoms with E-state index in [1.807, 2.05) is 7.11 Å². The average molecular weight is 504 g/mol. The molecule has 0 aromatic heterocycles. The van der Waals surface area contributed by atoms with Crippen LogP contribution < -0.4 is 11.3 Å². The minimum atomic E-state index is -0.0837. The molecule has 0 spiro atoms. The van der Waals surface area contributed by atoms with Crippen LogP contribution in [-0.4, -0.2) is 18.3 Å². The van der Waals surface area contributed by atoms with Crippen molar-refractivity contribution in [1.29, 1.82) is 0 Å². The summed E-state index contributed by atoms with van der Waals surface area (Å²) in [6.07, 6.45) is 9.11. The Morgan fingerprint density at radius 3 is 2.53 bits per heavy atom. The maximum absolute atomic E-state index is 10.3. The molecule has 0 bridgehead atoms. The summed E-state index contributed by atoms with van der Waals surface area (Å²) >= 11 is 3.56. The number of benzene rings is 1. The van der Waals surface area contributed by atoms with E-state index in [0.717, 1.165) is 35.6 Å². The molecular weight excluding hydrogens is 464 g/mol. The van der Waals surface area contributed by atoms with Crippen molar-refractivity contribution in [3.05, 3.63) is 45.6 Å². The molecule has 3 fully saturated rings. The lowest BCUT2D eigenvalue weighted by Crippen LogP contribution is -2.54. The Balaban J connectivity index is 1.47. The molecule has 32 heavy (non-hydrogen) atoms. The van der Waals surface area contributed by atoms with Gasteiger partial charge in [-0.1, -0.05) is 41.9 Å². The highest BCUT2D eigenvalue weighted by Gasteiger charge is 2.60. The number of ether oxygens (including phenoxy) is 1. The van der Waals surface area contributed by atoms with Crippen molar-refractivity contribution < 1.29 is 9.84 Å². The largest absolute Gasteiger partial charge is 0.393 e. The molecule has 0 saturated heterocycles. The van der Waals surface area contributed by atoms with Crippen LogP contribution in [0, 0.1) is 34.5 Å². The van der Waals surface area contributed by atoms with Crippen LogP contribution in [0.4, 0.5) is 0 Å². The fourth-order valence-corrected chi connectivity index (χ4v) is 8.83. The minimum Gasteiger partial charge on any atom is -0.393 e. The van der Waals surface area contributed by atoms with E-state index in [9.17, 15) is 5.11 Å². The van der Waals surface area contributed by atoms with Crippen molar-refractivity contribution in [3.8, 4) is 0 Å². The van der Waals surface area contributed by atoms with E-state index < -0.39 is 0 Å². The summed E-state index contributed by atoms with van der Waals surface area (Å²) in [5, 5.41) is 10.3. The number of halogens is 1. The third kappa shape index (κ3) is 3.41. The Bertz CT molecular complexity index is 886. The van der Waals surface area contributed by atoms with Crippen LogP contribution in [-0.2, 0) is 4.74 Å². The van der Waals surface area contributed by atoms with Gasteiger partial charge in [0.25, 0.3) is 0 Å². The molecule has 4 nitrogen and oxygen atoms in total. The van der Waals surface area contributed by atoms with Crippen molar-refractivity contribution >= 4 is 15.9 Å². The smallest absolute Gasteiger partial charge is 0.105 e. The summed E-state index contributed by atoms with van der Waals surface area (Å²) in [6.45, 7) is 5.00. The molecule has 4 N–H and O–H groups in total. The normalized spacial score (nSPS) is 42.1. The van der Waals surface area contributed by atoms with Gasteiger partial charge in [-0.3, -0.25) is 5.84 Å². The van der Waals surface area contributed by atoms with E-state index in [-0.39, 0.29) is 17.6 Å². The first-order chi connectivity index (χ1) is 15.3. The third-order valence-corrected chi connectivity index (χ3v) is 10.8. The summed E-state index contributed by atoms with van der Waals surface area (Å²) in [5.41, 5.74) is 7.41. The summed E-state index contributed by atoms with van der Waals surface area (Å²) in [5.74, 6) is 9.02. The van der Waals surface area contributed by atoms with Crippen LogP contribution >= 0.6 is 15.9 Å². The monoisotopic (exact) mass is 502 g/mol. The van der Waals surface area contributed by atoms with Gasteiger partial charge in [-0.05, 0) is 104 Å². The average Bonchev–Trinajstić information content (AvgIpc) is 3.08. The molecule has 0 heterocycles. The van der Waals surface area contributed by atoms with Gasteiger partial charge in [0.1, 0.15) is 6.10 Å². The number of hydrogen-bond donors (Lipinski definition) is 3. The van der Waals surface area contributed by atoms with E-state index in [2.05, 4.69) is 59.5 Å². The predicted octanol–water partition coefficient (Wildman–Crippen LogP) is 5.87. The second-order valence-corrected chi connectivity index (χ2v) is 12.4. The second-order valence-electron chi connectivity index (χ2n) is 11.5. The third-order valence-electron chi connectivity index (χ3n) is 10.2. The SMILES string of the molecule is COC(C1=C(NN)[C@@]2(C)CC[C@H]3[C@@H](CC[C@H]4C[C@@H](O)CC[C@@]43C)[C@@H]2C1)c1ccc(Br)cc1. The summed E-state index contributed by atoms with van der Waals surface area (Å²) in [4.78, 5) is 0. The van der Waals surface area contributed by atoms with Gasteiger partial charge in [0.2, 0.25) is 0 Å². The molecule has 5 rings (SSSR count). The lowest BCUT2D eigenvalue weighted by Gasteiger charge is -2.60. The molecule has 4 aliphatic rings. The number of nitrogens with one attached hydrogen (secondary N) is 1. The van der Waals surface area contributed by atoms with Crippen LogP contribution in [0.2, 0.25) is 0 Å². The van der Waals surface area contributed by atoms with Crippen molar-refractivity contribution in [2.75, 3.05) is 7.11 Å². The van der Waals surface area contributed by atoms with Crippen molar-refractivity contribution in [3.63, 3.8) is 0 Å². The number of allylic oxidation sites excluding steroid dienone is 1. The molecule has 176 valence electrons. The zero-order chi connectivity index (χ0) is 22.7. The van der Waals surface area contributed by atoms with Gasteiger partial charge in [0.15, 0.2) is 0 Å². The molecule has 1 unspecified atom stereocenters. The molecule has 1 aromatic carbocycles. The molecule has 0 amide bonds. The van der Waals surface area contributed by atoms with Crippen molar-refractivity contribution in [1.82, 2.24) is 5.43 Å². The Morgan fingerprint density at radius 1 is 1.09 bits per heavy atom. The summed E-state index contributed by atoms with van der Waals surface area (Å²) < 4.78 is 7.18. The maximum atomic E-state index is 10.3. The molecule has 3 saturated carbocycles.